The molecule has 1 aliphatic heterocycles. The molecule has 0 spiro atoms. The van der Waals surface area contributed by atoms with E-state index in [0.29, 0.717) is 12.1 Å². The van der Waals surface area contributed by atoms with Gasteiger partial charge in [0.15, 0.2) is 0 Å². The van der Waals surface area contributed by atoms with Crippen LogP contribution in [0, 0.1) is 0 Å². The Hall–Kier alpha value is -0.900. The van der Waals surface area contributed by atoms with Gasteiger partial charge in [-0.2, -0.15) is 0 Å². The lowest BCUT2D eigenvalue weighted by Crippen LogP contribution is -2.38. The lowest BCUT2D eigenvalue weighted by Gasteiger charge is -2.20. The van der Waals surface area contributed by atoms with Crippen molar-refractivity contribution in [3.05, 3.63) is 35.9 Å². The molecule has 2 rings (SSSR count). The average molecular weight is 263 g/mol. The van der Waals surface area contributed by atoms with Crippen molar-refractivity contribution in [1.29, 1.82) is 0 Å². The molecule has 3 unspecified atom stereocenters. The summed E-state index contributed by atoms with van der Waals surface area (Å²) >= 11 is 0. The van der Waals surface area contributed by atoms with Crippen LogP contribution in [-0.2, 0) is 9.47 Å². The molecule has 1 aromatic rings. The van der Waals surface area contributed by atoms with Gasteiger partial charge in [-0.3, -0.25) is 0 Å². The molecule has 1 heterocycles. The molecule has 0 aliphatic carbocycles. The molecular formula is C16H25NO2. The van der Waals surface area contributed by atoms with E-state index < -0.39 is 0 Å². The van der Waals surface area contributed by atoms with Gasteiger partial charge < -0.3 is 14.8 Å². The molecule has 106 valence electrons. The minimum atomic E-state index is 0.154. The van der Waals surface area contributed by atoms with Crippen molar-refractivity contribution in [2.45, 2.75) is 44.9 Å². The summed E-state index contributed by atoms with van der Waals surface area (Å²) in [6.07, 6.45) is 2.90. The van der Waals surface area contributed by atoms with Crippen LogP contribution in [-0.4, -0.2) is 31.9 Å². The predicted octanol–water partition coefficient (Wildman–Crippen LogP) is 2.92. The first-order chi connectivity index (χ1) is 9.27. The Balaban J connectivity index is 1.61. The standard InChI is InChI=1S/C16H25NO2/c1-13(16-9-6-11-19-16)17-10-12-18-14(2)15-7-4-3-5-8-15/h3-5,7-8,13-14,16-17H,6,9-12H2,1-2H3. The van der Waals surface area contributed by atoms with Crippen LogP contribution in [0.2, 0.25) is 0 Å². The second-order valence-corrected chi connectivity index (χ2v) is 5.22. The van der Waals surface area contributed by atoms with E-state index in [1.807, 2.05) is 18.2 Å². The van der Waals surface area contributed by atoms with Crippen LogP contribution in [0.1, 0.15) is 38.4 Å². The summed E-state index contributed by atoms with van der Waals surface area (Å²) < 4.78 is 11.5. The highest BCUT2D eigenvalue weighted by Gasteiger charge is 2.21. The summed E-state index contributed by atoms with van der Waals surface area (Å²) in [6.45, 7) is 6.80. The molecular weight excluding hydrogens is 238 g/mol. The van der Waals surface area contributed by atoms with E-state index in [9.17, 15) is 0 Å². The summed E-state index contributed by atoms with van der Waals surface area (Å²) in [5.74, 6) is 0. The molecule has 3 atom stereocenters. The van der Waals surface area contributed by atoms with Gasteiger partial charge in [0.1, 0.15) is 0 Å². The Morgan fingerprint density at radius 2 is 2.11 bits per heavy atom. The van der Waals surface area contributed by atoms with Gasteiger partial charge in [0.05, 0.1) is 18.8 Å². The minimum Gasteiger partial charge on any atom is -0.377 e. The van der Waals surface area contributed by atoms with E-state index in [1.165, 1.54) is 18.4 Å². The zero-order valence-corrected chi connectivity index (χ0v) is 12.0. The van der Waals surface area contributed by atoms with E-state index in [4.69, 9.17) is 9.47 Å². The molecule has 1 fully saturated rings. The van der Waals surface area contributed by atoms with Crippen molar-refractivity contribution in [2.75, 3.05) is 19.8 Å². The minimum absolute atomic E-state index is 0.154. The van der Waals surface area contributed by atoms with E-state index >= 15 is 0 Å². The molecule has 1 aromatic carbocycles. The van der Waals surface area contributed by atoms with Gasteiger partial charge in [0.2, 0.25) is 0 Å². The zero-order valence-electron chi connectivity index (χ0n) is 12.0. The Labute approximate surface area is 116 Å². The monoisotopic (exact) mass is 263 g/mol. The second-order valence-electron chi connectivity index (χ2n) is 5.22. The maximum atomic E-state index is 5.84. The third-order valence-corrected chi connectivity index (χ3v) is 3.73. The molecule has 1 saturated heterocycles. The van der Waals surface area contributed by atoms with Crippen molar-refractivity contribution in [3.8, 4) is 0 Å². The number of benzene rings is 1. The van der Waals surface area contributed by atoms with Crippen molar-refractivity contribution >= 4 is 0 Å². The van der Waals surface area contributed by atoms with Gasteiger partial charge in [-0.05, 0) is 32.3 Å². The summed E-state index contributed by atoms with van der Waals surface area (Å²) in [6, 6.07) is 10.7. The van der Waals surface area contributed by atoms with Gasteiger partial charge in [-0.1, -0.05) is 30.3 Å². The third kappa shape index (κ3) is 4.60. The highest BCUT2D eigenvalue weighted by Crippen LogP contribution is 2.16. The lowest BCUT2D eigenvalue weighted by molar-refractivity contribution is 0.0549. The van der Waals surface area contributed by atoms with Gasteiger partial charge in [-0.25, -0.2) is 0 Å². The van der Waals surface area contributed by atoms with E-state index in [0.717, 1.165) is 19.8 Å². The quantitative estimate of drug-likeness (QED) is 0.767. The van der Waals surface area contributed by atoms with E-state index in [1.54, 1.807) is 0 Å². The topological polar surface area (TPSA) is 30.5 Å². The first-order valence-corrected chi connectivity index (χ1v) is 7.29. The molecule has 0 amide bonds. The fourth-order valence-corrected chi connectivity index (χ4v) is 2.47. The van der Waals surface area contributed by atoms with Gasteiger partial charge in [0.25, 0.3) is 0 Å². The van der Waals surface area contributed by atoms with Crippen LogP contribution >= 0.6 is 0 Å². The number of hydrogen-bond donors (Lipinski definition) is 1. The van der Waals surface area contributed by atoms with Crippen molar-refractivity contribution in [1.82, 2.24) is 5.32 Å². The number of ether oxygens (including phenoxy) is 2. The average Bonchev–Trinajstić information content (AvgIpc) is 2.98. The third-order valence-electron chi connectivity index (χ3n) is 3.73. The first kappa shape index (κ1) is 14.5. The van der Waals surface area contributed by atoms with Crippen LogP contribution in [0.3, 0.4) is 0 Å². The Morgan fingerprint density at radius 3 is 2.79 bits per heavy atom. The van der Waals surface area contributed by atoms with Crippen LogP contribution in [0.25, 0.3) is 0 Å². The molecule has 1 N–H and O–H groups in total. The van der Waals surface area contributed by atoms with Crippen molar-refractivity contribution < 1.29 is 9.47 Å². The zero-order chi connectivity index (χ0) is 13.5. The maximum absolute atomic E-state index is 5.84. The largest absolute Gasteiger partial charge is 0.377 e. The van der Waals surface area contributed by atoms with Crippen LogP contribution < -0.4 is 5.32 Å². The summed E-state index contributed by atoms with van der Waals surface area (Å²) in [7, 11) is 0. The van der Waals surface area contributed by atoms with Crippen LogP contribution in [0.15, 0.2) is 30.3 Å². The van der Waals surface area contributed by atoms with E-state index in [-0.39, 0.29) is 6.10 Å². The highest BCUT2D eigenvalue weighted by atomic mass is 16.5. The predicted molar refractivity (Wildman–Crippen MR) is 77.2 cm³/mol. The molecule has 3 nitrogen and oxygen atoms in total. The fourth-order valence-electron chi connectivity index (χ4n) is 2.47. The lowest BCUT2D eigenvalue weighted by atomic mass is 10.1. The SMILES string of the molecule is CC(OCCNC(C)C1CCCO1)c1ccccc1. The molecule has 0 aromatic heterocycles. The van der Waals surface area contributed by atoms with Crippen molar-refractivity contribution in [3.63, 3.8) is 0 Å². The summed E-state index contributed by atoms with van der Waals surface area (Å²) in [5.41, 5.74) is 1.23. The van der Waals surface area contributed by atoms with Crippen LogP contribution in [0.4, 0.5) is 0 Å². The number of hydrogen-bond acceptors (Lipinski definition) is 3. The maximum Gasteiger partial charge on any atom is 0.0797 e. The second kappa shape index (κ2) is 7.63. The normalized spacial score (nSPS) is 22.3. The van der Waals surface area contributed by atoms with Gasteiger partial charge in [0, 0.05) is 19.2 Å². The molecule has 3 heteroatoms. The highest BCUT2D eigenvalue weighted by molar-refractivity contribution is 5.16. The van der Waals surface area contributed by atoms with Gasteiger partial charge in [-0.15, -0.1) is 0 Å². The first-order valence-electron chi connectivity index (χ1n) is 7.29. The smallest absolute Gasteiger partial charge is 0.0797 e. The summed E-state index contributed by atoms with van der Waals surface area (Å²) in [5, 5.41) is 3.48. The number of nitrogens with one attached hydrogen (secondary N) is 1. The summed E-state index contributed by atoms with van der Waals surface area (Å²) in [4.78, 5) is 0. The molecule has 1 aliphatic rings. The molecule has 0 radical (unpaired) electrons. The van der Waals surface area contributed by atoms with Crippen LogP contribution in [0.5, 0.6) is 0 Å². The Kier molecular flexibility index (Phi) is 5.83. The fraction of sp³-hybridized carbons (Fsp3) is 0.625. The Morgan fingerprint density at radius 1 is 1.32 bits per heavy atom. The van der Waals surface area contributed by atoms with Gasteiger partial charge >= 0.3 is 0 Å². The van der Waals surface area contributed by atoms with Crippen molar-refractivity contribution in [2.24, 2.45) is 0 Å². The Bertz CT molecular complexity index is 349. The molecule has 19 heavy (non-hydrogen) atoms. The molecule has 0 saturated carbocycles. The molecule has 0 bridgehead atoms. The van der Waals surface area contributed by atoms with E-state index in [2.05, 4.69) is 31.3 Å². The number of rotatable bonds is 7.